The van der Waals surface area contributed by atoms with Gasteiger partial charge in [-0.15, -0.1) is 0 Å². The van der Waals surface area contributed by atoms with Crippen LogP contribution in [0.25, 0.3) is 10.9 Å². The lowest BCUT2D eigenvalue weighted by molar-refractivity contribution is 0.0943. The Morgan fingerprint density at radius 3 is 2.60 bits per heavy atom. The van der Waals surface area contributed by atoms with E-state index in [0.717, 1.165) is 22.3 Å². The molecule has 154 valence electrons. The van der Waals surface area contributed by atoms with Crippen LogP contribution >= 0.6 is 23.2 Å². The molecule has 0 spiro atoms. The molecule has 0 bridgehead atoms. The lowest BCUT2D eigenvalue weighted by atomic mass is 10.1. The number of amides is 1. The van der Waals surface area contributed by atoms with Crippen LogP contribution in [0.1, 0.15) is 27.9 Å². The monoisotopic (exact) mass is 441 g/mol. The van der Waals surface area contributed by atoms with Gasteiger partial charge in [0.25, 0.3) is 5.91 Å². The van der Waals surface area contributed by atoms with Crippen molar-refractivity contribution in [3.05, 3.63) is 88.1 Å². The summed E-state index contributed by atoms with van der Waals surface area (Å²) in [4.78, 5) is 17.5. The number of aryl methyl sites for hydroxylation is 1. The molecule has 1 unspecified atom stereocenters. The van der Waals surface area contributed by atoms with Crippen LogP contribution in [-0.2, 0) is 13.6 Å². The minimum Gasteiger partial charge on any atom is -0.349 e. The summed E-state index contributed by atoms with van der Waals surface area (Å²) in [7, 11) is 1.92. The van der Waals surface area contributed by atoms with Gasteiger partial charge in [0.05, 0.1) is 17.1 Å². The summed E-state index contributed by atoms with van der Waals surface area (Å²) < 4.78 is 3.81. The normalized spacial score (nSPS) is 12.3. The number of nitrogens with two attached hydrogens (primary N) is 1. The summed E-state index contributed by atoms with van der Waals surface area (Å²) in [6, 6.07) is 14.6. The van der Waals surface area contributed by atoms with Gasteiger partial charge < -0.3 is 20.2 Å². The van der Waals surface area contributed by atoms with Crippen LogP contribution in [0.15, 0.2) is 60.9 Å². The fourth-order valence-corrected chi connectivity index (χ4v) is 3.93. The van der Waals surface area contributed by atoms with Crippen molar-refractivity contribution in [2.75, 3.05) is 6.54 Å². The molecule has 1 atom stereocenters. The topological polar surface area (TPSA) is 77.9 Å². The lowest BCUT2D eigenvalue weighted by Gasteiger charge is -2.15. The van der Waals surface area contributed by atoms with E-state index in [1.165, 1.54) is 0 Å². The third-order valence-corrected chi connectivity index (χ3v) is 5.76. The Morgan fingerprint density at radius 2 is 1.90 bits per heavy atom. The van der Waals surface area contributed by atoms with Gasteiger partial charge in [0.1, 0.15) is 11.5 Å². The Bertz CT molecular complexity index is 1200. The molecule has 1 amide bonds. The molecule has 0 radical (unpaired) electrons. The Labute approximate surface area is 184 Å². The molecule has 0 fully saturated rings. The number of fused-ring (bicyclic) bond motifs is 1. The number of carbonyl (C=O) groups excluding carboxylic acids is 1. The predicted octanol–water partition coefficient (Wildman–Crippen LogP) is 4.16. The third-order valence-electron chi connectivity index (χ3n) is 5.13. The van der Waals surface area contributed by atoms with Gasteiger partial charge in [-0.25, -0.2) is 4.98 Å². The minimum atomic E-state index is -0.364. The van der Waals surface area contributed by atoms with Gasteiger partial charge >= 0.3 is 0 Å². The summed E-state index contributed by atoms with van der Waals surface area (Å²) in [5, 5.41) is 4.79. The van der Waals surface area contributed by atoms with Crippen molar-refractivity contribution in [3.8, 4) is 0 Å². The van der Waals surface area contributed by atoms with E-state index in [2.05, 4.69) is 10.3 Å². The van der Waals surface area contributed by atoms with Crippen molar-refractivity contribution >= 4 is 40.0 Å². The van der Waals surface area contributed by atoms with Crippen LogP contribution in [0.3, 0.4) is 0 Å². The lowest BCUT2D eigenvalue weighted by Crippen LogP contribution is -2.33. The third kappa shape index (κ3) is 3.94. The van der Waals surface area contributed by atoms with Crippen LogP contribution in [0.5, 0.6) is 0 Å². The maximum absolute atomic E-state index is 13.1. The summed E-state index contributed by atoms with van der Waals surface area (Å²) >= 11 is 12.6. The van der Waals surface area contributed by atoms with E-state index in [4.69, 9.17) is 28.9 Å². The van der Waals surface area contributed by atoms with E-state index >= 15 is 0 Å². The van der Waals surface area contributed by atoms with Gasteiger partial charge in [0, 0.05) is 42.4 Å². The molecular formula is C22H21Cl2N5O. The molecule has 4 aromatic rings. The number of aromatic nitrogens is 3. The number of rotatable bonds is 6. The SMILES string of the molecule is Cn1ccnc1Cn1c(C(=O)NCC(N)c2ccc(Cl)cc2)c(Cl)c2ccccc21. The Morgan fingerprint density at radius 1 is 1.17 bits per heavy atom. The number of para-hydroxylation sites is 1. The first-order chi connectivity index (χ1) is 14.5. The second kappa shape index (κ2) is 8.52. The number of imidazole rings is 1. The smallest absolute Gasteiger partial charge is 0.269 e. The summed E-state index contributed by atoms with van der Waals surface area (Å²) in [6.07, 6.45) is 3.60. The summed E-state index contributed by atoms with van der Waals surface area (Å²) in [6.45, 7) is 0.684. The van der Waals surface area contributed by atoms with Gasteiger partial charge in [-0.05, 0) is 23.8 Å². The zero-order valence-electron chi connectivity index (χ0n) is 16.3. The number of hydrogen-bond acceptors (Lipinski definition) is 3. The van der Waals surface area contributed by atoms with Crippen LogP contribution in [0.4, 0.5) is 0 Å². The molecule has 8 heteroatoms. The van der Waals surface area contributed by atoms with Crippen molar-refractivity contribution < 1.29 is 4.79 Å². The van der Waals surface area contributed by atoms with Crippen LogP contribution in [0.2, 0.25) is 10.0 Å². The van der Waals surface area contributed by atoms with Gasteiger partial charge in [0.15, 0.2) is 0 Å². The Hall–Kier alpha value is -2.80. The number of hydrogen-bond donors (Lipinski definition) is 2. The van der Waals surface area contributed by atoms with Gasteiger partial charge in [-0.1, -0.05) is 53.5 Å². The van der Waals surface area contributed by atoms with E-state index in [0.29, 0.717) is 22.3 Å². The van der Waals surface area contributed by atoms with Gasteiger partial charge in [0.2, 0.25) is 0 Å². The van der Waals surface area contributed by atoms with E-state index < -0.39 is 0 Å². The average Bonchev–Trinajstić information content (AvgIpc) is 3.28. The molecule has 0 aliphatic rings. The zero-order chi connectivity index (χ0) is 21.3. The van der Waals surface area contributed by atoms with Crippen LogP contribution in [0, 0.1) is 0 Å². The Kier molecular flexibility index (Phi) is 5.81. The minimum absolute atomic E-state index is 0.265. The Balaban J connectivity index is 1.63. The second-order valence-corrected chi connectivity index (χ2v) is 7.90. The maximum Gasteiger partial charge on any atom is 0.269 e. The number of benzene rings is 2. The molecular weight excluding hydrogens is 421 g/mol. The van der Waals surface area contributed by atoms with Crippen molar-refractivity contribution in [1.29, 1.82) is 0 Å². The molecule has 3 N–H and O–H groups in total. The van der Waals surface area contributed by atoms with Gasteiger partial charge in [-0.3, -0.25) is 4.79 Å². The highest BCUT2D eigenvalue weighted by atomic mass is 35.5. The van der Waals surface area contributed by atoms with Crippen molar-refractivity contribution in [3.63, 3.8) is 0 Å². The quantitative estimate of drug-likeness (QED) is 0.471. The summed E-state index contributed by atoms with van der Waals surface area (Å²) in [5.41, 5.74) is 8.40. The number of nitrogens with one attached hydrogen (secondary N) is 1. The highest BCUT2D eigenvalue weighted by Gasteiger charge is 2.23. The molecule has 0 aliphatic carbocycles. The molecule has 2 aromatic heterocycles. The molecule has 2 aromatic carbocycles. The molecule has 0 aliphatic heterocycles. The summed E-state index contributed by atoms with van der Waals surface area (Å²) in [5.74, 6) is 0.536. The number of halogens is 2. The van der Waals surface area contributed by atoms with Crippen molar-refractivity contribution in [1.82, 2.24) is 19.4 Å². The first-order valence-electron chi connectivity index (χ1n) is 9.48. The number of nitrogens with zero attached hydrogens (tertiary/aromatic N) is 3. The molecule has 0 saturated carbocycles. The zero-order valence-corrected chi connectivity index (χ0v) is 17.9. The highest BCUT2D eigenvalue weighted by Crippen LogP contribution is 2.31. The van der Waals surface area contributed by atoms with E-state index in [1.54, 1.807) is 18.3 Å². The van der Waals surface area contributed by atoms with E-state index in [9.17, 15) is 4.79 Å². The van der Waals surface area contributed by atoms with E-state index in [-0.39, 0.29) is 18.5 Å². The molecule has 2 heterocycles. The average molecular weight is 442 g/mol. The molecule has 6 nitrogen and oxygen atoms in total. The predicted molar refractivity (Wildman–Crippen MR) is 120 cm³/mol. The van der Waals surface area contributed by atoms with Crippen LogP contribution in [-0.4, -0.2) is 26.6 Å². The standard InChI is InChI=1S/C22H21Cl2N5O/c1-28-11-10-26-19(28)13-29-18-5-3-2-4-16(18)20(24)21(29)22(30)27-12-17(25)14-6-8-15(23)9-7-14/h2-11,17H,12-13,25H2,1H3,(H,27,30). The fraction of sp³-hybridized carbons (Fsp3) is 0.182. The maximum atomic E-state index is 13.1. The first-order valence-corrected chi connectivity index (χ1v) is 10.2. The molecule has 30 heavy (non-hydrogen) atoms. The molecule has 0 saturated heterocycles. The van der Waals surface area contributed by atoms with Crippen molar-refractivity contribution in [2.24, 2.45) is 12.8 Å². The van der Waals surface area contributed by atoms with Crippen molar-refractivity contribution in [2.45, 2.75) is 12.6 Å². The highest BCUT2D eigenvalue weighted by molar-refractivity contribution is 6.38. The van der Waals surface area contributed by atoms with Gasteiger partial charge in [-0.2, -0.15) is 0 Å². The first kappa shape index (κ1) is 20.5. The van der Waals surface area contributed by atoms with Crippen LogP contribution < -0.4 is 11.1 Å². The van der Waals surface area contributed by atoms with E-state index in [1.807, 2.05) is 58.8 Å². The largest absolute Gasteiger partial charge is 0.349 e. The molecule has 4 rings (SSSR count). The number of carbonyl (C=O) groups is 1. The second-order valence-electron chi connectivity index (χ2n) is 7.09. The fourth-order valence-electron chi connectivity index (χ4n) is 3.45.